The van der Waals surface area contributed by atoms with Gasteiger partial charge in [-0.05, 0) is 46.7 Å². The molecule has 1 aliphatic rings. The largest absolute Gasteiger partial charge is 0.491 e. The molecule has 2 heterocycles. The van der Waals surface area contributed by atoms with Crippen molar-refractivity contribution in [3.05, 3.63) is 51.7 Å². The van der Waals surface area contributed by atoms with Crippen molar-refractivity contribution in [1.82, 2.24) is 9.80 Å². The molecule has 0 saturated carbocycles. The summed E-state index contributed by atoms with van der Waals surface area (Å²) in [5.74, 6) is 0.719. The second-order valence-corrected chi connectivity index (χ2v) is 7.96. The lowest BCUT2D eigenvalue weighted by molar-refractivity contribution is 0.0256. The first-order chi connectivity index (χ1) is 13.2. The minimum atomic E-state index is -0.552. The van der Waals surface area contributed by atoms with E-state index in [0.717, 1.165) is 51.7 Å². The molecule has 1 fully saturated rings. The van der Waals surface area contributed by atoms with Crippen LogP contribution in [0.15, 0.2) is 41.1 Å². The molecule has 1 atom stereocenters. The summed E-state index contributed by atoms with van der Waals surface area (Å²) in [5, 5.41) is 15.4. The van der Waals surface area contributed by atoms with E-state index in [1.807, 2.05) is 12.1 Å². The first-order valence-electron chi connectivity index (χ1n) is 9.29. The number of rotatable bonds is 10. The van der Waals surface area contributed by atoms with Crippen LogP contribution in [0.25, 0.3) is 0 Å². The van der Waals surface area contributed by atoms with Crippen LogP contribution in [-0.2, 0) is 11.3 Å². The number of thiophene rings is 1. The molecule has 0 bridgehead atoms. The number of ether oxygens (including phenoxy) is 2. The van der Waals surface area contributed by atoms with Gasteiger partial charge in [-0.2, -0.15) is 11.3 Å². The molecule has 0 aliphatic carbocycles. The minimum absolute atomic E-state index is 0.263. The number of hydrogen-bond donors (Lipinski definition) is 1. The SMILES string of the molecule is OC(COc1ccc(Cl)cc1)CN(CCN1CCOCC1)Cc1ccsc1. The maximum Gasteiger partial charge on any atom is 0.119 e. The number of aliphatic hydroxyl groups excluding tert-OH is 1. The molecule has 27 heavy (non-hydrogen) atoms. The van der Waals surface area contributed by atoms with Crippen molar-refractivity contribution in [2.45, 2.75) is 12.6 Å². The van der Waals surface area contributed by atoms with Crippen molar-refractivity contribution in [2.24, 2.45) is 0 Å². The maximum absolute atomic E-state index is 10.5. The van der Waals surface area contributed by atoms with E-state index in [4.69, 9.17) is 21.1 Å². The first kappa shape index (κ1) is 20.6. The predicted octanol–water partition coefficient (Wildman–Crippen LogP) is 2.98. The zero-order chi connectivity index (χ0) is 18.9. The molecule has 0 radical (unpaired) electrons. The summed E-state index contributed by atoms with van der Waals surface area (Å²) in [6.45, 7) is 7.15. The molecule has 1 N–H and O–H groups in total. The molecule has 1 aromatic heterocycles. The van der Waals surface area contributed by atoms with Crippen LogP contribution < -0.4 is 4.74 Å². The summed E-state index contributed by atoms with van der Waals surface area (Å²) in [6, 6.07) is 9.35. The summed E-state index contributed by atoms with van der Waals surface area (Å²) < 4.78 is 11.1. The van der Waals surface area contributed by atoms with Crippen LogP contribution >= 0.6 is 22.9 Å². The van der Waals surface area contributed by atoms with E-state index in [1.165, 1.54) is 5.56 Å². The summed E-state index contributed by atoms with van der Waals surface area (Å²) in [4.78, 5) is 4.72. The molecule has 1 aromatic carbocycles. The maximum atomic E-state index is 10.5. The fourth-order valence-corrected chi connectivity index (χ4v) is 3.84. The molecule has 5 nitrogen and oxygen atoms in total. The standard InChI is InChI=1S/C20H27ClN2O3S/c21-18-1-3-20(4-2-18)26-15-19(24)14-23(13-17-5-12-27-16-17)7-6-22-8-10-25-11-9-22/h1-5,12,16,19,24H,6-11,13-15H2. The van der Waals surface area contributed by atoms with Crippen molar-refractivity contribution in [1.29, 1.82) is 0 Å². The Bertz CT molecular complexity index is 648. The van der Waals surface area contributed by atoms with E-state index in [9.17, 15) is 5.11 Å². The van der Waals surface area contributed by atoms with E-state index < -0.39 is 6.10 Å². The highest BCUT2D eigenvalue weighted by atomic mass is 35.5. The predicted molar refractivity (Wildman–Crippen MR) is 110 cm³/mol. The topological polar surface area (TPSA) is 45.2 Å². The van der Waals surface area contributed by atoms with Gasteiger partial charge in [0, 0.05) is 44.3 Å². The third kappa shape index (κ3) is 7.41. The van der Waals surface area contributed by atoms with Gasteiger partial charge < -0.3 is 14.6 Å². The molecule has 1 saturated heterocycles. The van der Waals surface area contributed by atoms with Crippen molar-refractivity contribution >= 4 is 22.9 Å². The van der Waals surface area contributed by atoms with Gasteiger partial charge >= 0.3 is 0 Å². The van der Waals surface area contributed by atoms with Crippen molar-refractivity contribution in [3.63, 3.8) is 0 Å². The van der Waals surface area contributed by atoms with Crippen LogP contribution in [0.3, 0.4) is 0 Å². The van der Waals surface area contributed by atoms with Crippen LogP contribution in [-0.4, -0.2) is 73.6 Å². The van der Waals surface area contributed by atoms with Crippen LogP contribution in [0, 0.1) is 0 Å². The summed E-state index contributed by atoms with van der Waals surface area (Å²) in [6.07, 6.45) is -0.552. The van der Waals surface area contributed by atoms with Crippen molar-refractivity contribution < 1.29 is 14.6 Å². The summed E-state index contributed by atoms with van der Waals surface area (Å²) in [7, 11) is 0. The van der Waals surface area contributed by atoms with Crippen LogP contribution in [0.2, 0.25) is 5.02 Å². The Hall–Kier alpha value is -1.15. The van der Waals surface area contributed by atoms with Gasteiger partial charge in [0.25, 0.3) is 0 Å². The van der Waals surface area contributed by atoms with Gasteiger partial charge in [0.05, 0.1) is 13.2 Å². The molecule has 1 unspecified atom stereocenters. The monoisotopic (exact) mass is 410 g/mol. The Labute approximate surface area is 170 Å². The first-order valence-corrected chi connectivity index (χ1v) is 10.6. The zero-order valence-corrected chi connectivity index (χ0v) is 17.0. The number of aliphatic hydroxyl groups is 1. The zero-order valence-electron chi connectivity index (χ0n) is 15.4. The van der Waals surface area contributed by atoms with Crippen LogP contribution in [0.1, 0.15) is 5.56 Å². The van der Waals surface area contributed by atoms with E-state index >= 15 is 0 Å². The highest BCUT2D eigenvalue weighted by molar-refractivity contribution is 7.07. The summed E-state index contributed by atoms with van der Waals surface area (Å²) in [5.41, 5.74) is 1.28. The molecule has 3 rings (SSSR count). The highest BCUT2D eigenvalue weighted by Crippen LogP contribution is 2.16. The van der Waals surface area contributed by atoms with E-state index in [-0.39, 0.29) is 6.61 Å². The van der Waals surface area contributed by atoms with Crippen LogP contribution in [0.4, 0.5) is 0 Å². The fourth-order valence-electron chi connectivity index (χ4n) is 3.06. The molecular formula is C20H27ClN2O3S. The average molecular weight is 411 g/mol. The molecule has 7 heteroatoms. The average Bonchev–Trinajstić information content (AvgIpc) is 3.19. The molecule has 1 aliphatic heterocycles. The molecule has 148 valence electrons. The van der Waals surface area contributed by atoms with Gasteiger partial charge in [-0.25, -0.2) is 0 Å². The lowest BCUT2D eigenvalue weighted by atomic mass is 10.2. The number of morpholine rings is 1. The lowest BCUT2D eigenvalue weighted by Gasteiger charge is -2.30. The van der Waals surface area contributed by atoms with E-state index in [2.05, 4.69) is 26.6 Å². The molecular weight excluding hydrogens is 384 g/mol. The number of nitrogens with zero attached hydrogens (tertiary/aromatic N) is 2. The Balaban J connectivity index is 1.48. The van der Waals surface area contributed by atoms with Gasteiger partial charge in [-0.1, -0.05) is 11.6 Å². The van der Waals surface area contributed by atoms with Crippen molar-refractivity contribution in [3.8, 4) is 5.75 Å². The van der Waals surface area contributed by atoms with Crippen molar-refractivity contribution in [2.75, 3.05) is 52.5 Å². The summed E-state index contributed by atoms with van der Waals surface area (Å²) >= 11 is 7.59. The van der Waals surface area contributed by atoms with Crippen LogP contribution in [0.5, 0.6) is 5.75 Å². The molecule has 2 aromatic rings. The highest BCUT2D eigenvalue weighted by Gasteiger charge is 2.16. The van der Waals surface area contributed by atoms with Gasteiger partial charge in [-0.3, -0.25) is 9.80 Å². The lowest BCUT2D eigenvalue weighted by Crippen LogP contribution is -2.43. The second kappa shape index (κ2) is 11.0. The van der Waals surface area contributed by atoms with E-state index in [0.29, 0.717) is 11.6 Å². The second-order valence-electron chi connectivity index (χ2n) is 6.74. The molecule has 0 amide bonds. The fraction of sp³-hybridized carbons (Fsp3) is 0.500. The molecule has 0 spiro atoms. The normalized spacial score (nSPS) is 16.6. The van der Waals surface area contributed by atoms with Gasteiger partial charge in [-0.15, -0.1) is 0 Å². The Kier molecular flexibility index (Phi) is 8.38. The Morgan fingerprint density at radius 1 is 1.22 bits per heavy atom. The smallest absolute Gasteiger partial charge is 0.119 e. The van der Waals surface area contributed by atoms with E-state index in [1.54, 1.807) is 23.5 Å². The van der Waals surface area contributed by atoms with Gasteiger partial charge in [0.15, 0.2) is 0 Å². The minimum Gasteiger partial charge on any atom is -0.491 e. The third-order valence-electron chi connectivity index (χ3n) is 4.55. The quantitative estimate of drug-likeness (QED) is 0.652. The third-order valence-corrected chi connectivity index (χ3v) is 5.53. The van der Waals surface area contributed by atoms with Gasteiger partial charge in [0.2, 0.25) is 0 Å². The Morgan fingerprint density at radius 2 is 2.00 bits per heavy atom. The van der Waals surface area contributed by atoms with Gasteiger partial charge in [0.1, 0.15) is 18.5 Å². The number of hydrogen-bond acceptors (Lipinski definition) is 6. The number of benzene rings is 1. The Morgan fingerprint density at radius 3 is 2.70 bits per heavy atom. The number of halogens is 1.